The molecule has 0 aliphatic heterocycles. The van der Waals surface area contributed by atoms with Crippen molar-refractivity contribution in [3.05, 3.63) is 57.8 Å². The van der Waals surface area contributed by atoms with Gasteiger partial charge in [0.05, 0.1) is 0 Å². The Morgan fingerprint density at radius 3 is 2.29 bits per heavy atom. The van der Waals surface area contributed by atoms with Crippen LogP contribution in [0.1, 0.15) is 27.1 Å². The van der Waals surface area contributed by atoms with Crippen LogP contribution in [0, 0.1) is 0 Å². The maximum absolute atomic E-state index is 12.1. The molecule has 0 atom stereocenters. The van der Waals surface area contributed by atoms with Crippen LogP contribution in [-0.4, -0.2) is 16.7 Å². The summed E-state index contributed by atoms with van der Waals surface area (Å²) in [5.41, 5.74) is 0.763. The monoisotopic (exact) mass is 292 g/mol. The summed E-state index contributed by atoms with van der Waals surface area (Å²) < 4.78 is 0. The Morgan fingerprint density at radius 2 is 1.71 bits per heavy atom. The highest BCUT2D eigenvalue weighted by Crippen LogP contribution is 2.26. The minimum absolute atomic E-state index is 0.143. The summed E-state index contributed by atoms with van der Waals surface area (Å²) in [7, 11) is 0. The molecule has 1 aliphatic carbocycles. The molecule has 0 bridgehead atoms. The van der Waals surface area contributed by atoms with E-state index in [0.29, 0.717) is 5.56 Å². The lowest BCUT2D eigenvalue weighted by Crippen LogP contribution is -2.21. The number of aliphatic hydroxyl groups excluding tert-OH is 1. The Balaban J connectivity index is 2.54. The maximum atomic E-state index is 12.1. The Hall–Kier alpha value is -1.68. The minimum Gasteiger partial charge on any atom is -0.504 e. The number of fused-ring (bicyclic) bond motifs is 1. The van der Waals surface area contributed by atoms with E-state index in [1.54, 1.807) is 35.3 Å². The van der Waals surface area contributed by atoms with Crippen LogP contribution in [0.25, 0.3) is 0 Å². The lowest BCUT2D eigenvalue weighted by atomic mass is 9.87. The number of Topliss-reactive ketones (excluding diaryl/α,β-unsaturated/α-hetero) is 2. The van der Waals surface area contributed by atoms with E-state index in [0.717, 1.165) is 0 Å². The molecule has 0 saturated heterocycles. The van der Waals surface area contributed by atoms with Gasteiger partial charge in [-0.1, -0.05) is 46.3 Å². The van der Waals surface area contributed by atoms with Crippen molar-refractivity contribution in [2.75, 3.05) is 0 Å². The van der Waals surface area contributed by atoms with Gasteiger partial charge >= 0.3 is 0 Å². The quantitative estimate of drug-likeness (QED) is 0.911. The number of halogens is 1. The standard InChI is InChI=1S/C13H9BrO3/c14-7-3-6-10-11(15)8-4-1-2-5-9(8)12(16)13(10)17/h1-5,7,17H,6H2. The predicted molar refractivity (Wildman–Crippen MR) is 67.4 cm³/mol. The van der Waals surface area contributed by atoms with Crippen LogP contribution in [0.15, 0.2) is 46.7 Å². The average Bonchev–Trinajstić information content (AvgIpc) is 2.36. The predicted octanol–water partition coefficient (Wildman–Crippen LogP) is 3.18. The molecule has 0 amide bonds. The molecule has 0 aromatic heterocycles. The molecule has 0 saturated carbocycles. The van der Waals surface area contributed by atoms with E-state index >= 15 is 0 Å². The third-order valence-corrected chi connectivity index (χ3v) is 2.98. The van der Waals surface area contributed by atoms with Gasteiger partial charge in [-0.2, -0.15) is 0 Å². The van der Waals surface area contributed by atoms with Crippen LogP contribution in [0.5, 0.6) is 0 Å². The van der Waals surface area contributed by atoms with Crippen LogP contribution in [0.2, 0.25) is 0 Å². The fourth-order valence-electron chi connectivity index (χ4n) is 1.77. The second-order valence-corrected chi connectivity index (χ2v) is 4.13. The van der Waals surface area contributed by atoms with Crippen molar-refractivity contribution in [2.45, 2.75) is 6.42 Å². The van der Waals surface area contributed by atoms with Gasteiger partial charge in [-0.05, 0) is 11.4 Å². The summed E-state index contributed by atoms with van der Waals surface area (Å²) >= 11 is 3.08. The molecule has 17 heavy (non-hydrogen) atoms. The number of hydrogen-bond donors (Lipinski definition) is 1. The van der Waals surface area contributed by atoms with Crippen LogP contribution >= 0.6 is 15.9 Å². The summed E-state index contributed by atoms with van der Waals surface area (Å²) in [4.78, 5) is 25.5. The molecule has 1 aliphatic rings. The molecular weight excluding hydrogens is 284 g/mol. The fraction of sp³-hybridized carbons (Fsp3) is 0.0769. The van der Waals surface area contributed by atoms with Gasteiger partial charge in [-0.15, -0.1) is 0 Å². The first-order valence-corrected chi connectivity index (χ1v) is 5.94. The smallest absolute Gasteiger partial charge is 0.228 e. The zero-order valence-corrected chi connectivity index (χ0v) is 10.4. The number of carbonyl (C=O) groups is 2. The third-order valence-electron chi connectivity index (χ3n) is 2.60. The van der Waals surface area contributed by atoms with Crippen molar-refractivity contribution in [3.63, 3.8) is 0 Å². The first-order valence-electron chi connectivity index (χ1n) is 5.02. The van der Waals surface area contributed by atoms with Crippen LogP contribution in [-0.2, 0) is 0 Å². The van der Waals surface area contributed by atoms with Gasteiger partial charge in [-0.3, -0.25) is 9.59 Å². The Labute approximate surface area is 107 Å². The fourth-order valence-corrected chi connectivity index (χ4v) is 1.95. The largest absolute Gasteiger partial charge is 0.504 e. The lowest BCUT2D eigenvalue weighted by Gasteiger charge is -2.16. The number of hydrogen-bond acceptors (Lipinski definition) is 3. The highest BCUT2D eigenvalue weighted by atomic mass is 79.9. The maximum Gasteiger partial charge on any atom is 0.228 e. The molecule has 2 rings (SSSR count). The zero-order valence-electron chi connectivity index (χ0n) is 8.81. The molecule has 1 aromatic rings. The van der Waals surface area contributed by atoms with Gasteiger partial charge in [0.1, 0.15) is 0 Å². The van der Waals surface area contributed by atoms with E-state index in [1.165, 1.54) is 0 Å². The summed E-state index contributed by atoms with van der Waals surface area (Å²) in [6.07, 6.45) is 1.89. The van der Waals surface area contributed by atoms with Gasteiger partial charge < -0.3 is 5.11 Å². The second kappa shape index (κ2) is 4.67. The van der Waals surface area contributed by atoms with Crippen molar-refractivity contribution >= 4 is 27.5 Å². The lowest BCUT2D eigenvalue weighted by molar-refractivity contribution is 0.0927. The Bertz CT molecular complexity index is 556. The SMILES string of the molecule is O=C1C(O)=C(CC=CBr)C(=O)c2ccccc21. The number of aliphatic hydroxyl groups is 1. The van der Waals surface area contributed by atoms with Crippen LogP contribution in [0.3, 0.4) is 0 Å². The molecule has 0 fully saturated rings. The van der Waals surface area contributed by atoms with Crippen molar-refractivity contribution in [1.29, 1.82) is 0 Å². The van der Waals surface area contributed by atoms with Crippen LogP contribution in [0.4, 0.5) is 0 Å². The highest BCUT2D eigenvalue weighted by Gasteiger charge is 2.30. The Kier molecular flexibility index (Phi) is 3.24. The number of allylic oxidation sites excluding steroid dienone is 3. The first kappa shape index (κ1) is 11.8. The number of benzene rings is 1. The van der Waals surface area contributed by atoms with Crippen molar-refractivity contribution in [2.24, 2.45) is 0 Å². The molecule has 3 nitrogen and oxygen atoms in total. The average molecular weight is 293 g/mol. The van der Waals surface area contributed by atoms with Gasteiger partial charge in [-0.25, -0.2) is 0 Å². The van der Waals surface area contributed by atoms with E-state index in [9.17, 15) is 14.7 Å². The normalized spacial score (nSPS) is 15.6. The van der Waals surface area contributed by atoms with E-state index in [4.69, 9.17) is 0 Å². The second-order valence-electron chi connectivity index (χ2n) is 3.60. The summed E-state index contributed by atoms with van der Waals surface area (Å²) in [6, 6.07) is 6.51. The molecule has 0 spiro atoms. The van der Waals surface area contributed by atoms with Crippen molar-refractivity contribution in [1.82, 2.24) is 0 Å². The number of rotatable bonds is 2. The number of ketones is 2. The first-order chi connectivity index (χ1) is 8.16. The van der Waals surface area contributed by atoms with Crippen molar-refractivity contribution in [3.8, 4) is 0 Å². The van der Waals surface area contributed by atoms with E-state index in [1.807, 2.05) is 0 Å². The molecule has 0 heterocycles. The zero-order chi connectivity index (χ0) is 12.4. The molecule has 86 valence electrons. The van der Waals surface area contributed by atoms with E-state index < -0.39 is 11.5 Å². The van der Waals surface area contributed by atoms with Crippen LogP contribution < -0.4 is 0 Å². The van der Waals surface area contributed by atoms with Gasteiger partial charge in [0.15, 0.2) is 11.5 Å². The molecular formula is C13H9BrO3. The molecule has 0 unspecified atom stereocenters. The summed E-state index contributed by atoms with van der Waals surface area (Å²) in [5.74, 6) is -1.22. The summed E-state index contributed by atoms with van der Waals surface area (Å²) in [5, 5.41) is 9.74. The molecule has 0 radical (unpaired) electrons. The minimum atomic E-state index is -0.488. The van der Waals surface area contributed by atoms with E-state index in [2.05, 4.69) is 15.9 Å². The third kappa shape index (κ3) is 1.96. The van der Waals surface area contributed by atoms with Gasteiger partial charge in [0, 0.05) is 16.7 Å². The van der Waals surface area contributed by atoms with E-state index in [-0.39, 0.29) is 23.3 Å². The molecule has 1 N–H and O–H groups in total. The van der Waals surface area contributed by atoms with Gasteiger partial charge in [0.2, 0.25) is 5.78 Å². The summed E-state index contributed by atoms with van der Waals surface area (Å²) in [6.45, 7) is 0. The molecule has 4 heteroatoms. The highest BCUT2D eigenvalue weighted by molar-refractivity contribution is 9.11. The Morgan fingerprint density at radius 1 is 1.12 bits per heavy atom. The number of carbonyl (C=O) groups excluding carboxylic acids is 2. The van der Waals surface area contributed by atoms with Crippen molar-refractivity contribution < 1.29 is 14.7 Å². The van der Waals surface area contributed by atoms with Gasteiger partial charge in [0.25, 0.3) is 0 Å². The molecule has 1 aromatic carbocycles. The topological polar surface area (TPSA) is 54.4 Å².